The Morgan fingerprint density at radius 3 is 2.47 bits per heavy atom. The summed E-state index contributed by atoms with van der Waals surface area (Å²) in [4.78, 5) is 19.8. The second-order valence-corrected chi connectivity index (χ2v) is 7.82. The predicted molar refractivity (Wildman–Crippen MR) is 103 cm³/mol. The average Bonchev–Trinajstić information content (AvgIpc) is 2.67. The van der Waals surface area contributed by atoms with Gasteiger partial charge in [0.2, 0.25) is 0 Å². The van der Waals surface area contributed by atoms with Crippen molar-refractivity contribution >= 4 is 11.6 Å². The van der Waals surface area contributed by atoms with Gasteiger partial charge in [0.25, 0.3) is 5.92 Å². The minimum absolute atomic E-state index is 0.0952. The van der Waals surface area contributed by atoms with Gasteiger partial charge in [0, 0.05) is 12.0 Å². The Hall–Kier alpha value is -3.11. The highest BCUT2D eigenvalue weighted by molar-refractivity contribution is 5.95. The number of halogens is 6. The smallest absolute Gasteiger partial charge is 0.387 e. The molecule has 5 nitrogen and oxygen atoms in total. The van der Waals surface area contributed by atoms with Gasteiger partial charge in [0.1, 0.15) is 23.1 Å². The van der Waals surface area contributed by atoms with Gasteiger partial charge in [-0.3, -0.25) is 9.79 Å². The number of nitrogens with two attached hydrogens (primary N) is 1. The van der Waals surface area contributed by atoms with Crippen LogP contribution in [-0.2, 0) is 12.0 Å². The van der Waals surface area contributed by atoms with Crippen molar-refractivity contribution in [3.8, 4) is 5.75 Å². The van der Waals surface area contributed by atoms with E-state index in [1.807, 2.05) is 0 Å². The van der Waals surface area contributed by atoms with Crippen molar-refractivity contribution in [3.63, 3.8) is 0 Å². The standard InChI is InChI=1S/C21H19F6N3O2/c1-19(25)10-21(26,27)20(2,30-17(19)28)13-7-11(3-5-14(13)22)8-16(31)15-6-4-12(9-29-15)32-18(23)24/h3-7,9,18H,8,10H2,1-2H3,(H2,28,30)/t19-,20+/m0/s1. The molecule has 0 saturated carbocycles. The molecule has 0 unspecified atom stereocenters. The Labute approximate surface area is 179 Å². The van der Waals surface area contributed by atoms with Gasteiger partial charge in [-0.1, -0.05) is 6.07 Å². The topological polar surface area (TPSA) is 77.6 Å². The maximum atomic E-state index is 14.9. The Morgan fingerprint density at radius 1 is 1.19 bits per heavy atom. The Bertz CT molecular complexity index is 1060. The number of benzene rings is 1. The largest absolute Gasteiger partial charge is 0.433 e. The van der Waals surface area contributed by atoms with Gasteiger partial charge in [0.15, 0.2) is 17.0 Å². The molecule has 11 heteroatoms. The molecule has 3 rings (SSSR count). The molecule has 0 radical (unpaired) electrons. The minimum Gasteiger partial charge on any atom is -0.433 e. The van der Waals surface area contributed by atoms with Crippen LogP contribution in [0, 0.1) is 5.82 Å². The SMILES string of the molecule is C[C@]1(F)CC(F)(F)[C@@](C)(c2cc(CC(=O)c3ccc(OC(F)F)cn3)ccc2F)N=C1N. The van der Waals surface area contributed by atoms with Crippen molar-refractivity contribution < 1.29 is 35.9 Å². The zero-order chi connectivity index (χ0) is 23.9. The molecule has 2 atom stereocenters. The van der Waals surface area contributed by atoms with Crippen molar-refractivity contribution in [2.24, 2.45) is 10.7 Å². The highest BCUT2D eigenvalue weighted by atomic mass is 19.3. The fraction of sp³-hybridized carbons (Fsp3) is 0.381. The highest BCUT2D eigenvalue weighted by Gasteiger charge is 2.60. The molecular formula is C21H19F6N3O2. The number of alkyl halides is 5. The number of carbonyl (C=O) groups is 1. The van der Waals surface area contributed by atoms with E-state index >= 15 is 0 Å². The highest BCUT2D eigenvalue weighted by Crippen LogP contribution is 2.50. The van der Waals surface area contributed by atoms with Gasteiger partial charge in [0.05, 0.1) is 12.6 Å². The van der Waals surface area contributed by atoms with Crippen LogP contribution in [0.4, 0.5) is 26.3 Å². The molecule has 1 aromatic heterocycles. The third kappa shape index (κ3) is 4.42. The first-order valence-corrected chi connectivity index (χ1v) is 9.41. The zero-order valence-electron chi connectivity index (χ0n) is 17.0. The molecule has 172 valence electrons. The number of nitrogens with zero attached hydrogens (tertiary/aromatic N) is 2. The number of hydrogen-bond donors (Lipinski definition) is 1. The first-order chi connectivity index (χ1) is 14.7. The molecule has 0 bridgehead atoms. The second-order valence-electron chi connectivity index (χ2n) is 7.82. The lowest BCUT2D eigenvalue weighted by Gasteiger charge is -2.42. The Balaban J connectivity index is 1.91. The average molecular weight is 459 g/mol. The van der Waals surface area contributed by atoms with Crippen LogP contribution in [-0.4, -0.2) is 34.8 Å². The van der Waals surface area contributed by atoms with Crippen LogP contribution in [0.5, 0.6) is 5.75 Å². The summed E-state index contributed by atoms with van der Waals surface area (Å²) in [5.74, 6) is -6.30. The van der Waals surface area contributed by atoms with Crippen LogP contribution in [0.3, 0.4) is 0 Å². The lowest BCUT2D eigenvalue weighted by atomic mass is 9.77. The summed E-state index contributed by atoms with van der Waals surface area (Å²) in [7, 11) is 0. The zero-order valence-corrected chi connectivity index (χ0v) is 17.0. The summed E-state index contributed by atoms with van der Waals surface area (Å²) in [5, 5.41) is 0. The lowest BCUT2D eigenvalue weighted by Crippen LogP contribution is -2.56. The van der Waals surface area contributed by atoms with Gasteiger partial charge in [-0.25, -0.2) is 22.5 Å². The molecule has 0 spiro atoms. The molecule has 0 saturated heterocycles. The van der Waals surface area contributed by atoms with E-state index in [0.29, 0.717) is 0 Å². The number of ketones is 1. The summed E-state index contributed by atoms with van der Waals surface area (Å²) < 4.78 is 87.2. The molecule has 0 aliphatic carbocycles. The number of amidine groups is 1. The van der Waals surface area contributed by atoms with Gasteiger partial charge in [-0.05, 0) is 43.7 Å². The van der Waals surface area contributed by atoms with Crippen LogP contribution in [0.1, 0.15) is 41.9 Å². The number of Topliss-reactive ketones (excluding diaryl/α,β-unsaturated/α-hetero) is 1. The summed E-state index contributed by atoms with van der Waals surface area (Å²) in [6.07, 6.45) is -0.701. The summed E-state index contributed by atoms with van der Waals surface area (Å²) >= 11 is 0. The van der Waals surface area contributed by atoms with E-state index in [9.17, 15) is 31.1 Å². The predicted octanol–water partition coefficient (Wildman–Crippen LogP) is 4.59. The molecule has 1 aromatic carbocycles. The number of pyridine rings is 1. The fourth-order valence-corrected chi connectivity index (χ4v) is 3.43. The summed E-state index contributed by atoms with van der Waals surface area (Å²) in [6.45, 7) is -1.24. The molecule has 1 aliphatic rings. The second kappa shape index (κ2) is 8.10. The molecule has 1 aliphatic heterocycles. The number of carbonyl (C=O) groups excluding carboxylic acids is 1. The number of aliphatic imine (C=N–C) groups is 1. The van der Waals surface area contributed by atoms with Crippen molar-refractivity contribution in [1.29, 1.82) is 0 Å². The molecule has 32 heavy (non-hydrogen) atoms. The Kier molecular flexibility index (Phi) is 5.96. The molecular weight excluding hydrogens is 440 g/mol. The molecule has 0 fully saturated rings. The van der Waals surface area contributed by atoms with E-state index in [-0.39, 0.29) is 23.4 Å². The first kappa shape index (κ1) is 23.6. The van der Waals surface area contributed by atoms with E-state index in [1.54, 1.807) is 0 Å². The number of rotatable bonds is 6. The monoisotopic (exact) mass is 459 g/mol. The maximum absolute atomic E-state index is 14.9. The molecule has 0 amide bonds. The molecule has 2 N–H and O–H groups in total. The minimum atomic E-state index is -3.77. The van der Waals surface area contributed by atoms with Crippen LogP contribution < -0.4 is 10.5 Å². The quantitative estimate of drug-likeness (QED) is 0.507. The third-order valence-electron chi connectivity index (χ3n) is 5.31. The number of aromatic nitrogens is 1. The van der Waals surface area contributed by atoms with E-state index in [1.165, 1.54) is 6.07 Å². The normalized spacial score (nSPS) is 24.8. The molecule has 2 aromatic rings. The van der Waals surface area contributed by atoms with E-state index in [4.69, 9.17) is 5.73 Å². The fourth-order valence-electron chi connectivity index (χ4n) is 3.43. The van der Waals surface area contributed by atoms with Gasteiger partial charge < -0.3 is 10.5 Å². The van der Waals surface area contributed by atoms with Gasteiger partial charge in [-0.2, -0.15) is 8.78 Å². The van der Waals surface area contributed by atoms with E-state index in [2.05, 4.69) is 14.7 Å². The van der Waals surface area contributed by atoms with E-state index < -0.39 is 53.2 Å². The Morgan fingerprint density at radius 2 is 1.88 bits per heavy atom. The number of ether oxygens (including phenoxy) is 1. The van der Waals surface area contributed by atoms with Crippen LogP contribution in [0.15, 0.2) is 41.5 Å². The van der Waals surface area contributed by atoms with Crippen LogP contribution in [0.2, 0.25) is 0 Å². The molecule has 2 heterocycles. The van der Waals surface area contributed by atoms with Crippen molar-refractivity contribution in [1.82, 2.24) is 4.98 Å². The van der Waals surface area contributed by atoms with Crippen molar-refractivity contribution in [3.05, 3.63) is 59.2 Å². The maximum Gasteiger partial charge on any atom is 0.387 e. The summed E-state index contributed by atoms with van der Waals surface area (Å²) in [5.41, 5.74) is 0.0191. The van der Waals surface area contributed by atoms with Crippen LogP contribution >= 0.6 is 0 Å². The van der Waals surface area contributed by atoms with E-state index in [0.717, 1.165) is 44.3 Å². The summed E-state index contributed by atoms with van der Waals surface area (Å²) in [6, 6.07) is 5.46. The van der Waals surface area contributed by atoms with Gasteiger partial charge in [-0.15, -0.1) is 0 Å². The first-order valence-electron chi connectivity index (χ1n) is 9.41. The van der Waals surface area contributed by atoms with Gasteiger partial charge >= 0.3 is 6.61 Å². The van der Waals surface area contributed by atoms with Crippen molar-refractivity contribution in [2.45, 2.75) is 50.4 Å². The third-order valence-corrected chi connectivity index (χ3v) is 5.31. The van der Waals surface area contributed by atoms with Crippen LogP contribution in [0.25, 0.3) is 0 Å². The lowest BCUT2D eigenvalue weighted by molar-refractivity contribution is -0.106. The number of hydrogen-bond acceptors (Lipinski definition) is 5. The van der Waals surface area contributed by atoms with Crippen molar-refractivity contribution in [2.75, 3.05) is 0 Å².